The minimum atomic E-state index is -4.15. The number of aryl methyl sites for hydroxylation is 1. The van der Waals surface area contributed by atoms with E-state index in [0.717, 1.165) is 0 Å². The number of aromatic nitrogens is 5. The van der Waals surface area contributed by atoms with Crippen LogP contribution in [0.3, 0.4) is 0 Å². The molecule has 0 atom stereocenters. The number of halogens is 1. The maximum Gasteiger partial charge on any atom is 0.358 e. The molecule has 3 aromatic rings. The van der Waals surface area contributed by atoms with Crippen molar-refractivity contribution in [1.82, 2.24) is 29.6 Å². The maximum atomic E-state index is 12.1. The smallest absolute Gasteiger partial charge is 0.358 e. The highest BCUT2D eigenvalue weighted by Gasteiger charge is 2.20. The standard InChI is InChI=1S/C12H12ClN5O4S.C4H4N2O2/c1-7-14-10(17-12(15-7)22-2)16-11(19)18-23(20,21)9-6-4-3-5-8(9)13;7-3-1-2-5-4(8)6-3/h3-6H,1-2H3,(H2,14,15,16,17,18,19);1-2H,(H2,5,6,7,8). The topological polar surface area (TPSA) is 192 Å². The molecule has 164 valence electrons. The van der Waals surface area contributed by atoms with Crippen molar-refractivity contribution >= 4 is 27.7 Å². The molecule has 13 nitrogen and oxygen atoms in total. The molecule has 0 unspecified atom stereocenters. The zero-order chi connectivity index (χ0) is 23.0. The average Bonchev–Trinajstić information content (AvgIpc) is 2.67. The number of hydrogen-bond acceptors (Lipinski definition) is 8. The van der Waals surface area contributed by atoms with E-state index in [9.17, 15) is 22.8 Å². The summed E-state index contributed by atoms with van der Waals surface area (Å²) in [5.41, 5.74) is -1.01. The van der Waals surface area contributed by atoms with Crippen LogP contribution in [0.2, 0.25) is 5.02 Å². The zero-order valence-electron chi connectivity index (χ0n) is 16.0. The Morgan fingerprint density at radius 3 is 2.45 bits per heavy atom. The van der Waals surface area contributed by atoms with Crippen LogP contribution < -0.4 is 26.3 Å². The van der Waals surface area contributed by atoms with Crippen molar-refractivity contribution in [2.45, 2.75) is 11.8 Å². The molecule has 0 bridgehead atoms. The molecule has 2 aromatic heterocycles. The Morgan fingerprint density at radius 1 is 1.16 bits per heavy atom. The predicted octanol–water partition coefficient (Wildman–Crippen LogP) is -0.162. The molecule has 0 aliphatic carbocycles. The summed E-state index contributed by atoms with van der Waals surface area (Å²) < 4.78 is 30.8. The van der Waals surface area contributed by atoms with Gasteiger partial charge in [-0.25, -0.2) is 22.7 Å². The van der Waals surface area contributed by atoms with E-state index in [1.54, 1.807) is 17.7 Å². The van der Waals surface area contributed by atoms with Gasteiger partial charge in [0.05, 0.1) is 12.1 Å². The number of nitrogens with one attached hydrogen (secondary N) is 4. The number of H-pyrrole nitrogens is 3. The minimum absolute atomic E-state index is 0.0149. The minimum Gasteiger partial charge on any atom is -0.468 e. The third-order valence-electron chi connectivity index (χ3n) is 3.18. The molecule has 0 radical (unpaired) electrons. The second-order valence-corrected chi connectivity index (χ2v) is 7.54. The lowest BCUT2D eigenvalue weighted by molar-refractivity contribution is 0.253. The van der Waals surface area contributed by atoms with Gasteiger partial charge in [-0.1, -0.05) is 23.7 Å². The molecular weight excluding hydrogens is 454 g/mol. The molecule has 0 fully saturated rings. The fourth-order valence-corrected chi connectivity index (χ4v) is 3.37. The summed E-state index contributed by atoms with van der Waals surface area (Å²) in [6, 6.07) is 5.89. The van der Waals surface area contributed by atoms with Crippen LogP contribution in [-0.2, 0) is 10.0 Å². The van der Waals surface area contributed by atoms with Gasteiger partial charge in [0.15, 0.2) is 0 Å². The number of rotatable bonds is 3. The van der Waals surface area contributed by atoms with Crippen LogP contribution in [0.4, 0.5) is 4.79 Å². The first-order chi connectivity index (χ1) is 14.6. The summed E-state index contributed by atoms with van der Waals surface area (Å²) in [5, 5.41) is -0.0149. The molecule has 0 spiro atoms. The summed E-state index contributed by atoms with van der Waals surface area (Å²) in [5.74, 6) is 0.293. The fourth-order valence-electron chi connectivity index (χ4n) is 1.96. The Labute approximate surface area is 179 Å². The van der Waals surface area contributed by atoms with Crippen LogP contribution in [0.5, 0.6) is 6.01 Å². The third-order valence-corrected chi connectivity index (χ3v) is 5.00. The molecule has 3 rings (SSSR count). The highest BCUT2D eigenvalue weighted by Crippen LogP contribution is 2.19. The lowest BCUT2D eigenvalue weighted by atomic mass is 10.4. The van der Waals surface area contributed by atoms with Crippen LogP contribution >= 0.6 is 11.6 Å². The average molecular weight is 470 g/mol. The molecular formula is C16H16ClN7O6S. The number of amides is 2. The highest BCUT2D eigenvalue weighted by molar-refractivity contribution is 7.90. The molecule has 0 saturated carbocycles. The number of nitrogens with zero attached hydrogens (tertiary/aromatic N) is 3. The molecule has 31 heavy (non-hydrogen) atoms. The van der Waals surface area contributed by atoms with Crippen molar-refractivity contribution in [1.29, 1.82) is 0 Å². The van der Waals surface area contributed by atoms with E-state index in [2.05, 4.69) is 24.9 Å². The van der Waals surface area contributed by atoms with Crippen molar-refractivity contribution in [3.8, 4) is 6.01 Å². The second kappa shape index (κ2) is 10.3. The van der Waals surface area contributed by atoms with Gasteiger partial charge in [-0.2, -0.15) is 15.0 Å². The monoisotopic (exact) mass is 469 g/mol. The van der Waals surface area contributed by atoms with Gasteiger partial charge in [0, 0.05) is 12.3 Å². The summed E-state index contributed by atoms with van der Waals surface area (Å²) in [7, 11) is -2.78. The number of aromatic amines is 3. The van der Waals surface area contributed by atoms with E-state index < -0.39 is 21.7 Å². The number of methoxy groups -OCH3 is 1. The van der Waals surface area contributed by atoms with Gasteiger partial charge in [0.2, 0.25) is 5.62 Å². The fraction of sp³-hybridized carbons (Fsp3) is 0.125. The molecule has 1 aromatic carbocycles. The van der Waals surface area contributed by atoms with Gasteiger partial charge in [0.1, 0.15) is 10.7 Å². The Bertz CT molecular complexity index is 1340. The normalized spacial score (nSPS) is 11.3. The molecule has 0 aliphatic rings. The van der Waals surface area contributed by atoms with E-state index in [0.29, 0.717) is 5.82 Å². The van der Waals surface area contributed by atoms with E-state index in [1.165, 1.54) is 37.6 Å². The second-order valence-electron chi connectivity index (χ2n) is 5.48. The van der Waals surface area contributed by atoms with Gasteiger partial charge in [-0.15, -0.1) is 0 Å². The number of carbonyl (C=O) groups is 1. The van der Waals surface area contributed by atoms with Crippen molar-refractivity contribution in [2.24, 2.45) is 4.99 Å². The van der Waals surface area contributed by atoms with Crippen LogP contribution in [0, 0.1) is 6.92 Å². The summed E-state index contributed by atoms with van der Waals surface area (Å²) in [4.78, 5) is 50.0. The SMILES string of the molecule is COc1nc(C)nc(=NC(=O)NS(=O)(=O)c2ccccc2Cl)[nH]1.O=c1cc[nH]c(=O)[nH]1. The van der Waals surface area contributed by atoms with Crippen LogP contribution in [0.15, 0.2) is 56.0 Å². The Morgan fingerprint density at radius 2 is 1.87 bits per heavy atom. The van der Waals surface area contributed by atoms with E-state index >= 15 is 0 Å². The number of urea groups is 1. The Hall–Kier alpha value is -3.78. The van der Waals surface area contributed by atoms with Crippen LogP contribution in [0.25, 0.3) is 0 Å². The number of sulfonamides is 1. The van der Waals surface area contributed by atoms with E-state index in [1.807, 2.05) is 4.98 Å². The Kier molecular flexibility index (Phi) is 7.81. The summed E-state index contributed by atoms with van der Waals surface area (Å²) >= 11 is 5.81. The number of carbonyl (C=O) groups excluding carboxylic acids is 1. The summed E-state index contributed by atoms with van der Waals surface area (Å²) in [6.45, 7) is 1.56. The summed E-state index contributed by atoms with van der Waals surface area (Å²) in [6.07, 6.45) is 1.29. The number of ether oxygens (including phenoxy) is 1. The third kappa shape index (κ3) is 7.20. The number of benzene rings is 1. The lowest BCUT2D eigenvalue weighted by Crippen LogP contribution is -2.31. The largest absolute Gasteiger partial charge is 0.468 e. The van der Waals surface area contributed by atoms with Gasteiger partial charge < -0.3 is 9.72 Å². The van der Waals surface area contributed by atoms with Crippen molar-refractivity contribution in [3.05, 3.63) is 73.8 Å². The van der Waals surface area contributed by atoms with E-state index in [4.69, 9.17) is 16.3 Å². The first-order valence-electron chi connectivity index (χ1n) is 8.23. The first-order valence-corrected chi connectivity index (χ1v) is 10.1. The first kappa shape index (κ1) is 23.5. The zero-order valence-corrected chi connectivity index (χ0v) is 17.6. The molecule has 15 heteroatoms. The van der Waals surface area contributed by atoms with Gasteiger partial charge in [0.25, 0.3) is 21.6 Å². The van der Waals surface area contributed by atoms with Crippen molar-refractivity contribution in [3.63, 3.8) is 0 Å². The Balaban J connectivity index is 0.000000357. The molecule has 0 aliphatic heterocycles. The highest BCUT2D eigenvalue weighted by atomic mass is 35.5. The van der Waals surface area contributed by atoms with Gasteiger partial charge in [-0.05, 0) is 19.1 Å². The van der Waals surface area contributed by atoms with Crippen molar-refractivity contribution < 1.29 is 17.9 Å². The van der Waals surface area contributed by atoms with Crippen molar-refractivity contribution in [2.75, 3.05) is 7.11 Å². The quantitative estimate of drug-likeness (QED) is 0.406. The van der Waals surface area contributed by atoms with Crippen LogP contribution in [0.1, 0.15) is 5.82 Å². The molecule has 4 N–H and O–H groups in total. The molecule has 0 saturated heterocycles. The van der Waals surface area contributed by atoms with Crippen LogP contribution in [-0.4, -0.2) is 46.5 Å². The van der Waals surface area contributed by atoms with Gasteiger partial charge in [-0.3, -0.25) is 14.8 Å². The van der Waals surface area contributed by atoms with Gasteiger partial charge >= 0.3 is 11.7 Å². The van der Waals surface area contributed by atoms with E-state index in [-0.39, 0.29) is 27.1 Å². The lowest BCUT2D eigenvalue weighted by Gasteiger charge is -2.05. The number of hydrogen-bond donors (Lipinski definition) is 4. The molecule has 2 heterocycles. The molecule has 2 amide bonds. The maximum absolute atomic E-state index is 12.1. The predicted molar refractivity (Wildman–Crippen MR) is 108 cm³/mol.